The Morgan fingerprint density at radius 1 is 1.33 bits per heavy atom. The summed E-state index contributed by atoms with van der Waals surface area (Å²) >= 11 is 1.62. The molecule has 4 nitrogen and oxygen atoms in total. The molecule has 2 aromatic rings. The highest BCUT2D eigenvalue weighted by Gasteiger charge is 2.12. The zero-order chi connectivity index (χ0) is 15.1. The first-order valence-corrected chi connectivity index (χ1v) is 7.96. The summed E-state index contributed by atoms with van der Waals surface area (Å²) in [5, 5.41) is 13.2. The third kappa shape index (κ3) is 4.81. The quantitative estimate of drug-likeness (QED) is 0.762. The SMILES string of the molecule is COCCCN(C)c1nc(CC(O)c2ccccc2)cs1. The van der Waals surface area contributed by atoms with Crippen LogP contribution in [-0.4, -0.2) is 37.4 Å². The molecular weight excluding hydrogens is 284 g/mol. The van der Waals surface area contributed by atoms with Crippen LogP contribution >= 0.6 is 11.3 Å². The first-order valence-electron chi connectivity index (χ1n) is 7.08. The summed E-state index contributed by atoms with van der Waals surface area (Å²) in [6.07, 6.45) is 1.03. The van der Waals surface area contributed by atoms with E-state index in [2.05, 4.69) is 9.88 Å². The van der Waals surface area contributed by atoms with Crippen LogP contribution in [0.5, 0.6) is 0 Å². The highest BCUT2D eigenvalue weighted by atomic mass is 32.1. The van der Waals surface area contributed by atoms with Crippen LogP contribution in [0.4, 0.5) is 5.13 Å². The van der Waals surface area contributed by atoms with E-state index in [0.717, 1.165) is 36.0 Å². The van der Waals surface area contributed by atoms with Crippen molar-refractivity contribution in [2.75, 3.05) is 32.2 Å². The lowest BCUT2D eigenvalue weighted by Crippen LogP contribution is -2.19. The van der Waals surface area contributed by atoms with E-state index in [4.69, 9.17) is 4.74 Å². The Hall–Kier alpha value is -1.43. The summed E-state index contributed by atoms with van der Waals surface area (Å²) in [6.45, 7) is 1.68. The molecule has 1 heterocycles. The average Bonchev–Trinajstić information content (AvgIpc) is 2.97. The summed E-state index contributed by atoms with van der Waals surface area (Å²) < 4.78 is 5.06. The smallest absolute Gasteiger partial charge is 0.185 e. The van der Waals surface area contributed by atoms with E-state index >= 15 is 0 Å². The minimum Gasteiger partial charge on any atom is -0.388 e. The molecule has 0 saturated heterocycles. The molecular formula is C16H22N2O2S. The molecule has 114 valence electrons. The molecule has 0 aliphatic heterocycles. The Bertz CT molecular complexity index is 530. The van der Waals surface area contributed by atoms with Gasteiger partial charge in [0.15, 0.2) is 5.13 Å². The molecule has 5 heteroatoms. The molecule has 1 aromatic heterocycles. The lowest BCUT2D eigenvalue weighted by Gasteiger charge is -2.15. The van der Waals surface area contributed by atoms with Gasteiger partial charge in [-0.05, 0) is 12.0 Å². The lowest BCUT2D eigenvalue weighted by molar-refractivity contribution is 0.177. The van der Waals surface area contributed by atoms with Crippen molar-refractivity contribution in [3.05, 3.63) is 47.0 Å². The number of thiazole rings is 1. The van der Waals surface area contributed by atoms with E-state index < -0.39 is 6.10 Å². The lowest BCUT2D eigenvalue weighted by atomic mass is 10.1. The van der Waals surface area contributed by atoms with Gasteiger partial charge in [0.2, 0.25) is 0 Å². The van der Waals surface area contributed by atoms with Gasteiger partial charge in [-0.15, -0.1) is 11.3 Å². The number of anilines is 1. The van der Waals surface area contributed by atoms with Crippen LogP contribution < -0.4 is 4.90 Å². The molecule has 0 bridgehead atoms. The van der Waals surface area contributed by atoms with Crippen molar-refractivity contribution < 1.29 is 9.84 Å². The number of methoxy groups -OCH3 is 1. The Balaban J connectivity index is 1.90. The molecule has 0 aliphatic rings. The van der Waals surface area contributed by atoms with Gasteiger partial charge in [0, 0.05) is 39.1 Å². The molecule has 1 atom stereocenters. The summed E-state index contributed by atoms with van der Waals surface area (Å²) in [4.78, 5) is 6.73. The van der Waals surface area contributed by atoms with Crippen molar-refractivity contribution in [2.45, 2.75) is 18.9 Å². The maximum absolute atomic E-state index is 10.2. The third-order valence-corrected chi connectivity index (χ3v) is 4.30. The highest BCUT2D eigenvalue weighted by Crippen LogP contribution is 2.23. The summed E-state index contributed by atoms with van der Waals surface area (Å²) in [6, 6.07) is 9.71. The van der Waals surface area contributed by atoms with Gasteiger partial charge in [-0.2, -0.15) is 0 Å². The molecule has 0 fully saturated rings. The van der Waals surface area contributed by atoms with Crippen LogP contribution in [0.2, 0.25) is 0 Å². The highest BCUT2D eigenvalue weighted by molar-refractivity contribution is 7.13. The molecule has 1 unspecified atom stereocenters. The van der Waals surface area contributed by atoms with Gasteiger partial charge in [-0.1, -0.05) is 30.3 Å². The predicted octanol–water partition coefficient (Wildman–Crippen LogP) is 2.89. The van der Waals surface area contributed by atoms with Gasteiger partial charge < -0.3 is 14.7 Å². The number of ether oxygens (including phenoxy) is 1. The van der Waals surface area contributed by atoms with Crippen LogP contribution in [0.3, 0.4) is 0 Å². The average molecular weight is 306 g/mol. The Morgan fingerprint density at radius 3 is 2.81 bits per heavy atom. The summed E-state index contributed by atoms with van der Waals surface area (Å²) in [5.74, 6) is 0. The monoisotopic (exact) mass is 306 g/mol. The summed E-state index contributed by atoms with van der Waals surface area (Å²) in [5.41, 5.74) is 1.87. The van der Waals surface area contributed by atoms with Crippen molar-refractivity contribution in [3.63, 3.8) is 0 Å². The second kappa shape index (κ2) is 8.12. The topological polar surface area (TPSA) is 45.6 Å². The standard InChI is InChI=1S/C16H22N2O2S/c1-18(9-6-10-20-2)16-17-14(12-21-16)11-15(19)13-7-4-3-5-8-13/h3-5,7-8,12,15,19H,6,9-11H2,1-2H3. The van der Waals surface area contributed by atoms with Crippen molar-refractivity contribution >= 4 is 16.5 Å². The van der Waals surface area contributed by atoms with Gasteiger partial charge in [0.1, 0.15) is 0 Å². The minimum atomic E-state index is -0.500. The number of benzene rings is 1. The van der Waals surface area contributed by atoms with E-state index in [9.17, 15) is 5.11 Å². The van der Waals surface area contributed by atoms with Crippen molar-refractivity contribution in [1.82, 2.24) is 4.98 Å². The van der Waals surface area contributed by atoms with Gasteiger partial charge in [-0.3, -0.25) is 0 Å². The zero-order valence-corrected chi connectivity index (χ0v) is 13.3. The largest absolute Gasteiger partial charge is 0.388 e. The number of aliphatic hydroxyl groups excluding tert-OH is 1. The number of rotatable bonds is 8. The Kier molecular flexibility index (Phi) is 6.17. The van der Waals surface area contributed by atoms with E-state index in [0.29, 0.717) is 6.42 Å². The molecule has 2 rings (SSSR count). The third-order valence-electron chi connectivity index (χ3n) is 3.29. The molecule has 0 radical (unpaired) electrons. The maximum atomic E-state index is 10.2. The van der Waals surface area contributed by atoms with Gasteiger partial charge >= 0.3 is 0 Å². The van der Waals surface area contributed by atoms with Gasteiger partial charge in [-0.25, -0.2) is 4.98 Å². The fourth-order valence-corrected chi connectivity index (χ4v) is 2.93. The number of aliphatic hydroxyl groups is 1. The number of hydrogen-bond acceptors (Lipinski definition) is 5. The van der Waals surface area contributed by atoms with E-state index in [-0.39, 0.29) is 0 Å². The van der Waals surface area contributed by atoms with E-state index in [1.165, 1.54) is 0 Å². The van der Waals surface area contributed by atoms with E-state index in [1.54, 1.807) is 18.4 Å². The van der Waals surface area contributed by atoms with Crippen LogP contribution in [0, 0.1) is 0 Å². The number of hydrogen-bond donors (Lipinski definition) is 1. The Morgan fingerprint density at radius 2 is 2.10 bits per heavy atom. The second-order valence-electron chi connectivity index (χ2n) is 5.02. The first-order chi connectivity index (χ1) is 10.2. The normalized spacial score (nSPS) is 12.3. The van der Waals surface area contributed by atoms with Crippen molar-refractivity contribution in [3.8, 4) is 0 Å². The molecule has 1 N–H and O–H groups in total. The molecule has 0 saturated carbocycles. The number of aromatic nitrogens is 1. The van der Waals surface area contributed by atoms with Gasteiger partial charge in [0.25, 0.3) is 0 Å². The van der Waals surface area contributed by atoms with Crippen molar-refractivity contribution in [1.29, 1.82) is 0 Å². The number of nitrogens with zero attached hydrogens (tertiary/aromatic N) is 2. The van der Waals surface area contributed by atoms with E-state index in [1.807, 2.05) is 42.8 Å². The second-order valence-corrected chi connectivity index (χ2v) is 5.86. The maximum Gasteiger partial charge on any atom is 0.185 e. The Labute approximate surface area is 130 Å². The molecule has 0 aliphatic carbocycles. The minimum absolute atomic E-state index is 0.500. The fourth-order valence-electron chi connectivity index (χ4n) is 2.10. The predicted molar refractivity (Wildman–Crippen MR) is 87.0 cm³/mol. The van der Waals surface area contributed by atoms with Crippen LogP contribution in [0.15, 0.2) is 35.7 Å². The van der Waals surface area contributed by atoms with Gasteiger partial charge in [0.05, 0.1) is 11.8 Å². The fraction of sp³-hybridized carbons (Fsp3) is 0.438. The molecule has 0 amide bonds. The van der Waals surface area contributed by atoms with Crippen LogP contribution in [-0.2, 0) is 11.2 Å². The summed E-state index contributed by atoms with van der Waals surface area (Å²) in [7, 11) is 3.75. The zero-order valence-electron chi connectivity index (χ0n) is 12.5. The van der Waals surface area contributed by atoms with Crippen LogP contribution in [0.1, 0.15) is 23.8 Å². The first kappa shape index (κ1) is 15.9. The molecule has 1 aromatic carbocycles. The van der Waals surface area contributed by atoms with Crippen LogP contribution in [0.25, 0.3) is 0 Å². The van der Waals surface area contributed by atoms with Crippen molar-refractivity contribution in [2.24, 2.45) is 0 Å². The molecule has 0 spiro atoms. The molecule has 21 heavy (non-hydrogen) atoms.